The molecule has 0 spiro atoms. The summed E-state index contributed by atoms with van der Waals surface area (Å²) in [5.74, 6) is 0.851. The van der Waals surface area contributed by atoms with Crippen molar-refractivity contribution in [3.8, 4) is 5.75 Å². The Bertz CT molecular complexity index is 817. The Balaban J connectivity index is 1.95. The van der Waals surface area contributed by atoms with Crippen molar-refractivity contribution in [2.45, 2.75) is 173 Å². The van der Waals surface area contributed by atoms with Crippen LogP contribution in [0.15, 0.2) is 17.0 Å². The van der Waals surface area contributed by atoms with Gasteiger partial charge in [-0.3, -0.25) is 4.55 Å². The normalized spacial score (nSPS) is 11.9. The summed E-state index contributed by atoms with van der Waals surface area (Å²) in [5, 5.41) is 0. The predicted molar refractivity (Wildman–Crippen MR) is 163 cm³/mol. The van der Waals surface area contributed by atoms with E-state index in [2.05, 4.69) is 6.92 Å². The summed E-state index contributed by atoms with van der Waals surface area (Å²) in [5.41, 5.74) is 1.34. The number of hydrogen-bond donors (Lipinski definition) is 1. The van der Waals surface area contributed by atoms with E-state index in [0.29, 0.717) is 12.2 Å². The van der Waals surface area contributed by atoms with E-state index in [1.54, 1.807) is 19.1 Å². The Morgan fingerprint density at radius 1 is 0.658 bits per heavy atom. The molecule has 0 aromatic heterocycles. The second kappa shape index (κ2) is 21.7. The highest BCUT2D eigenvalue weighted by Crippen LogP contribution is 2.32. The molecule has 0 amide bonds. The second-order valence-corrected chi connectivity index (χ2v) is 13.1. The fraction of sp³-hybridized carbons (Fsp3) is 0.818. The zero-order chi connectivity index (χ0) is 28.1. The maximum absolute atomic E-state index is 11.6. The first-order valence-electron chi connectivity index (χ1n) is 16.0. The van der Waals surface area contributed by atoms with Crippen molar-refractivity contribution in [1.82, 2.24) is 0 Å². The highest BCUT2D eigenvalue weighted by atomic mass is 32.2. The minimum Gasteiger partial charge on any atom is -0.493 e. The van der Waals surface area contributed by atoms with Crippen LogP contribution in [0.4, 0.5) is 0 Å². The van der Waals surface area contributed by atoms with Gasteiger partial charge in [0.05, 0.1) is 11.5 Å². The van der Waals surface area contributed by atoms with Gasteiger partial charge in [0.2, 0.25) is 0 Å². The zero-order valence-corrected chi connectivity index (χ0v) is 26.2. The average Bonchev–Trinajstić information content (AvgIpc) is 2.86. The van der Waals surface area contributed by atoms with Gasteiger partial charge < -0.3 is 4.74 Å². The van der Waals surface area contributed by atoms with Crippen LogP contribution in [0.5, 0.6) is 5.75 Å². The van der Waals surface area contributed by atoms with Crippen molar-refractivity contribution in [2.24, 2.45) is 0 Å². The summed E-state index contributed by atoms with van der Waals surface area (Å²) in [6.07, 6.45) is 28.8. The second-order valence-electron chi connectivity index (χ2n) is 11.7. The summed E-state index contributed by atoms with van der Waals surface area (Å²) < 4.78 is 38.7. The van der Waals surface area contributed by atoms with Crippen LogP contribution in [-0.4, -0.2) is 19.6 Å². The molecule has 1 aromatic rings. The van der Waals surface area contributed by atoms with E-state index in [1.807, 2.05) is 13.8 Å². The van der Waals surface area contributed by atoms with Crippen LogP contribution in [0, 0.1) is 6.92 Å². The van der Waals surface area contributed by atoms with Gasteiger partial charge in [0, 0.05) is 0 Å². The van der Waals surface area contributed by atoms with Crippen LogP contribution in [0.3, 0.4) is 0 Å². The molecule has 1 N–H and O–H groups in total. The lowest BCUT2D eigenvalue weighted by atomic mass is 10.0. The molecule has 0 aliphatic rings. The predicted octanol–water partition coefficient (Wildman–Crippen LogP) is 11.0. The van der Waals surface area contributed by atoms with E-state index < -0.39 is 10.1 Å². The van der Waals surface area contributed by atoms with Gasteiger partial charge in [0.25, 0.3) is 10.1 Å². The molecule has 0 saturated heterocycles. The third-order valence-electron chi connectivity index (χ3n) is 7.71. The minimum absolute atomic E-state index is 0.0253. The standard InChI is InChI=1S/C33H60O4S/c1-5-6-7-8-9-10-11-12-13-14-15-16-17-18-19-20-21-22-23-24-25-26-37-32-27-30(4)33(38(34,35)36)28-31(32)29(2)3/h27-29H,5-26H2,1-4H3,(H,34,35,36). The third kappa shape index (κ3) is 16.8. The van der Waals surface area contributed by atoms with Crippen molar-refractivity contribution >= 4 is 10.1 Å². The van der Waals surface area contributed by atoms with E-state index in [-0.39, 0.29) is 10.8 Å². The fourth-order valence-electron chi connectivity index (χ4n) is 5.25. The Morgan fingerprint density at radius 3 is 1.37 bits per heavy atom. The van der Waals surface area contributed by atoms with Crippen molar-refractivity contribution in [2.75, 3.05) is 6.61 Å². The number of ether oxygens (including phenoxy) is 1. The molecule has 0 unspecified atom stereocenters. The van der Waals surface area contributed by atoms with Crippen LogP contribution in [0.2, 0.25) is 0 Å². The van der Waals surface area contributed by atoms with E-state index in [9.17, 15) is 13.0 Å². The smallest absolute Gasteiger partial charge is 0.294 e. The monoisotopic (exact) mass is 552 g/mol. The first-order chi connectivity index (χ1) is 18.3. The molecule has 38 heavy (non-hydrogen) atoms. The minimum atomic E-state index is -4.22. The Hall–Kier alpha value is -1.07. The van der Waals surface area contributed by atoms with Crippen LogP contribution >= 0.6 is 0 Å². The molecule has 0 aliphatic heterocycles. The molecule has 222 valence electrons. The molecule has 0 saturated carbocycles. The SMILES string of the molecule is CCCCCCCCCCCCCCCCCCCCCCCOc1cc(C)c(S(=O)(=O)O)cc1C(C)C. The van der Waals surface area contributed by atoms with Gasteiger partial charge in [-0.1, -0.05) is 149 Å². The Morgan fingerprint density at radius 2 is 1.03 bits per heavy atom. The van der Waals surface area contributed by atoms with Gasteiger partial charge in [-0.05, 0) is 42.5 Å². The van der Waals surface area contributed by atoms with Gasteiger partial charge in [-0.15, -0.1) is 0 Å². The van der Waals surface area contributed by atoms with Gasteiger partial charge in [-0.2, -0.15) is 8.42 Å². The first-order valence-corrected chi connectivity index (χ1v) is 17.5. The highest BCUT2D eigenvalue weighted by Gasteiger charge is 2.19. The van der Waals surface area contributed by atoms with Gasteiger partial charge >= 0.3 is 0 Å². The summed E-state index contributed by atoms with van der Waals surface area (Å²) in [7, 11) is -4.22. The summed E-state index contributed by atoms with van der Waals surface area (Å²) in [6, 6.07) is 3.30. The van der Waals surface area contributed by atoms with E-state index in [1.165, 1.54) is 122 Å². The first kappa shape index (κ1) is 35.0. The molecular weight excluding hydrogens is 492 g/mol. The molecule has 0 atom stereocenters. The van der Waals surface area contributed by atoms with Crippen molar-refractivity contribution in [3.05, 3.63) is 23.3 Å². The van der Waals surface area contributed by atoms with Crippen molar-refractivity contribution < 1.29 is 17.7 Å². The zero-order valence-electron chi connectivity index (χ0n) is 25.4. The number of unbranched alkanes of at least 4 members (excludes halogenated alkanes) is 20. The average molecular weight is 553 g/mol. The van der Waals surface area contributed by atoms with E-state index in [0.717, 1.165) is 24.2 Å². The maximum Gasteiger partial charge on any atom is 0.294 e. The molecule has 0 bridgehead atoms. The number of hydrogen-bond acceptors (Lipinski definition) is 3. The lowest BCUT2D eigenvalue weighted by Crippen LogP contribution is -2.07. The largest absolute Gasteiger partial charge is 0.493 e. The van der Waals surface area contributed by atoms with Gasteiger partial charge in [0.1, 0.15) is 5.75 Å². The molecule has 0 fully saturated rings. The topological polar surface area (TPSA) is 63.6 Å². The number of rotatable bonds is 25. The van der Waals surface area contributed by atoms with Crippen molar-refractivity contribution in [3.63, 3.8) is 0 Å². The molecule has 4 nitrogen and oxygen atoms in total. The lowest BCUT2D eigenvalue weighted by Gasteiger charge is -2.17. The Labute approximate surface area is 236 Å². The van der Waals surface area contributed by atoms with Gasteiger partial charge in [0.15, 0.2) is 0 Å². The molecule has 0 heterocycles. The molecule has 0 aliphatic carbocycles. The molecule has 0 radical (unpaired) electrons. The van der Waals surface area contributed by atoms with Crippen LogP contribution in [-0.2, 0) is 10.1 Å². The number of benzene rings is 1. The third-order valence-corrected chi connectivity index (χ3v) is 8.71. The van der Waals surface area contributed by atoms with Crippen molar-refractivity contribution in [1.29, 1.82) is 0 Å². The van der Waals surface area contributed by atoms with Crippen LogP contribution in [0.25, 0.3) is 0 Å². The summed E-state index contributed by atoms with van der Waals surface area (Å²) >= 11 is 0. The van der Waals surface area contributed by atoms with E-state index >= 15 is 0 Å². The molecule has 1 rings (SSSR count). The quantitative estimate of drug-likeness (QED) is 0.0967. The summed E-state index contributed by atoms with van der Waals surface area (Å²) in [4.78, 5) is -0.0253. The molecule has 1 aromatic carbocycles. The maximum atomic E-state index is 11.6. The molecule has 5 heteroatoms. The molecular formula is C33H60O4S. The van der Waals surface area contributed by atoms with Gasteiger partial charge in [-0.25, -0.2) is 0 Å². The lowest BCUT2D eigenvalue weighted by molar-refractivity contribution is 0.300. The Kier molecular flexibility index (Phi) is 20.0. The van der Waals surface area contributed by atoms with Crippen LogP contribution < -0.4 is 4.74 Å². The fourth-order valence-corrected chi connectivity index (χ4v) is 5.99. The van der Waals surface area contributed by atoms with E-state index in [4.69, 9.17) is 4.74 Å². The highest BCUT2D eigenvalue weighted by molar-refractivity contribution is 7.85. The summed E-state index contributed by atoms with van der Waals surface area (Å²) in [6.45, 7) is 8.63. The number of aryl methyl sites for hydroxylation is 1. The van der Waals surface area contributed by atoms with Crippen LogP contribution in [0.1, 0.15) is 173 Å².